The van der Waals surface area contributed by atoms with E-state index < -0.39 is 28.3 Å². The van der Waals surface area contributed by atoms with Crippen molar-refractivity contribution in [2.24, 2.45) is 5.92 Å². The number of carbonyl (C=O) groups is 1. The molecule has 1 atom stereocenters. The summed E-state index contributed by atoms with van der Waals surface area (Å²) >= 11 is 1.45. The van der Waals surface area contributed by atoms with Crippen LogP contribution in [0, 0.1) is 12.8 Å². The van der Waals surface area contributed by atoms with Crippen LogP contribution in [0.4, 0.5) is 20.2 Å². The van der Waals surface area contributed by atoms with Crippen LogP contribution in [0.25, 0.3) is 21.7 Å². The molecule has 1 aromatic carbocycles. The largest absolute Gasteiger partial charge is 0.358 e. The number of Topliss-reactive ketones (excluding diaryl/α,β-unsaturated/α-hetero) is 1. The molecule has 2 fully saturated rings. The standard InChI is InChI=1S/C28H29F2N5O4S2/c1-15-14-31-28(40-15)17-8-9-19(22(11-17)41(2,37)38)33-20-12-18(13-21(36)16-6-7-16)32-26-24(20)34-27(25(29)30)35(26)23-5-3-4-10-39-23/h8-9,11-12,14,16,23,25H,3-7,10,13H2,1-2H3,(H,32,33). The van der Waals surface area contributed by atoms with Gasteiger partial charge in [-0.2, -0.15) is 0 Å². The second kappa shape index (κ2) is 10.8. The molecule has 9 nitrogen and oxygen atoms in total. The van der Waals surface area contributed by atoms with Gasteiger partial charge >= 0.3 is 0 Å². The number of imidazole rings is 1. The van der Waals surface area contributed by atoms with Gasteiger partial charge in [-0.1, -0.05) is 0 Å². The molecule has 0 radical (unpaired) electrons. The molecule has 1 N–H and O–H groups in total. The number of fused-ring (bicyclic) bond motifs is 1. The van der Waals surface area contributed by atoms with E-state index in [2.05, 4.69) is 20.3 Å². The quantitative estimate of drug-likeness (QED) is 0.242. The van der Waals surface area contributed by atoms with Crippen molar-refractivity contribution in [1.82, 2.24) is 19.5 Å². The molecule has 0 amide bonds. The number of halogens is 2. The zero-order valence-electron chi connectivity index (χ0n) is 22.6. The van der Waals surface area contributed by atoms with Gasteiger partial charge < -0.3 is 10.1 Å². The lowest BCUT2D eigenvalue weighted by Crippen LogP contribution is -2.21. The Bertz CT molecular complexity index is 1740. The number of ketones is 1. The molecule has 1 saturated heterocycles. The summed E-state index contributed by atoms with van der Waals surface area (Å²) in [7, 11) is -3.72. The van der Waals surface area contributed by atoms with E-state index in [0.29, 0.717) is 29.3 Å². The average Bonchev–Trinajstić information content (AvgIpc) is 3.58. The highest BCUT2D eigenvalue weighted by molar-refractivity contribution is 7.90. The lowest BCUT2D eigenvalue weighted by Gasteiger charge is -2.25. The number of rotatable bonds is 9. The first kappa shape index (κ1) is 27.9. The summed E-state index contributed by atoms with van der Waals surface area (Å²) in [6, 6.07) is 6.52. The van der Waals surface area contributed by atoms with Gasteiger partial charge in [0.25, 0.3) is 6.43 Å². The normalized spacial score (nSPS) is 17.8. The number of nitrogens with zero attached hydrogens (tertiary/aromatic N) is 4. The minimum Gasteiger partial charge on any atom is -0.358 e. The summed E-state index contributed by atoms with van der Waals surface area (Å²) in [6.07, 6.45) is 3.13. The Kier molecular flexibility index (Phi) is 7.37. The summed E-state index contributed by atoms with van der Waals surface area (Å²) in [5.74, 6) is -0.450. The topological polar surface area (TPSA) is 116 Å². The van der Waals surface area contributed by atoms with Gasteiger partial charge in [-0.3, -0.25) is 9.36 Å². The third-order valence-electron chi connectivity index (χ3n) is 7.27. The van der Waals surface area contributed by atoms with Gasteiger partial charge in [0.05, 0.1) is 22.0 Å². The number of hydrogen-bond donors (Lipinski definition) is 1. The Morgan fingerprint density at radius 1 is 1.17 bits per heavy atom. The van der Waals surface area contributed by atoms with E-state index in [1.165, 1.54) is 15.9 Å². The van der Waals surface area contributed by atoms with Crippen molar-refractivity contribution in [3.05, 3.63) is 46.9 Å². The first-order chi connectivity index (χ1) is 19.6. The molecule has 1 saturated carbocycles. The fraction of sp³-hybridized carbons (Fsp3) is 0.429. The molecular formula is C28H29F2N5O4S2. The number of ether oxygens (including phenoxy) is 1. The van der Waals surface area contributed by atoms with E-state index in [1.54, 1.807) is 30.5 Å². The highest BCUT2D eigenvalue weighted by Gasteiger charge is 2.32. The van der Waals surface area contributed by atoms with Gasteiger partial charge in [0.2, 0.25) is 0 Å². The van der Waals surface area contributed by atoms with Gasteiger partial charge in [0.15, 0.2) is 21.3 Å². The maximum Gasteiger partial charge on any atom is 0.295 e. The minimum atomic E-state index is -3.72. The van der Waals surface area contributed by atoms with Crippen molar-refractivity contribution in [3.8, 4) is 10.6 Å². The molecule has 13 heteroatoms. The lowest BCUT2D eigenvalue weighted by atomic mass is 10.1. The van der Waals surface area contributed by atoms with Crippen LogP contribution >= 0.6 is 11.3 Å². The molecule has 1 unspecified atom stereocenters. The number of aromatic nitrogens is 4. The molecule has 4 aromatic rings. The molecule has 0 bridgehead atoms. The van der Waals surface area contributed by atoms with Crippen LogP contribution in [0.2, 0.25) is 0 Å². The number of anilines is 2. The number of hydrogen-bond acceptors (Lipinski definition) is 9. The van der Waals surface area contributed by atoms with Crippen LogP contribution in [0.5, 0.6) is 0 Å². The molecule has 1 aliphatic heterocycles. The number of pyridine rings is 1. The van der Waals surface area contributed by atoms with Gasteiger partial charge in [-0.25, -0.2) is 32.2 Å². The zero-order valence-corrected chi connectivity index (χ0v) is 24.2. The minimum absolute atomic E-state index is 0.00833. The molecule has 216 valence electrons. The molecule has 1 aliphatic carbocycles. The van der Waals surface area contributed by atoms with Crippen LogP contribution < -0.4 is 5.32 Å². The summed E-state index contributed by atoms with van der Waals surface area (Å²) in [5, 5.41) is 3.82. The highest BCUT2D eigenvalue weighted by Crippen LogP contribution is 2.38. The Balaban J connectivity index is 1.50. The number of sulfone groups is 1. The van der Waals surface area contributed by atoms with Gasteiger partial charge in [-0.15, -0.1) is 11.3 Å². The molecule has 3 aromatic heterocycles. The van der Waals surface area contributed by atoms with Crippen LogP contribution in [-0.2, 0) is 25.8 Å². The second-order valence-corrected chi connectivity index (χ2v) is 13.8. The Labute approximate surface area is 239 Å². The van der Waals surface area contributed by atoms with Crippen molar-refractivity contribution in [1.29, 1.82) is 0 Å². The molecule has 0 spiro atoms. The first-order valence-corrected chi connectivity index (χ1v) is 16.2. The molecule has 6 rings (SSSR count). The van der Waals surface area contributed by atoms with Crippen molar-refractivity contribution < 1.29 is 26.7 Å². The Morgan fingerprint density at radius 3 is 2.61 bits per heavy atom. The van der Waals surface area contributed by atoms with Crippen LogP contribution in [0.3, 0.4) is 0 Å². The predicted molar refractivity (Wildman–Crippen MR) is 151 cm³/mol. The van der Waals surface area contributed by atoms with Crippen molar-refractivity contribution >= 4 is 49.5 Å². The summed E-state index contributed by atoms with van der Waals surface area (Å²) in [6.45, 7) is 2.35. The molecule has 4 heterocycles. The summed E-state index contributed by atoms with van der Waals surface area (Å²) < 4.78 is 61.6. The number of thiazole rings is 1. The van der Waals surface area contributed by atoms with Crippen molar-refractivity contribution in [3.63, 3.8) is 0 Å². The van der Waals surface area contributed by atoms with E-state index in [1.807, 2.05) is 6.92 Å². The van der Waals surface area contributed by atoms with E-state index in [9.17, 15) is 22.0 Å². The van der Waals surface area contributed by atoms with E-state index in [4.69, 9.17) is 4.74 Å². The lowest BCUT2D eigenvalue weighted by molar-refractivity contribution is -0.119. The van der Waals surface area contributed by atoms with E-state index >= 15 is 0 Å². The maximum atomic E-state index is 14.3. The number of nitrogens with one attached hydrogen (secondary N) is 1. The van der Waals surface area contributed by atoms with Crippen LogP contribution in [0.15, 0.2) is 35.4 Å². The number of carbonyl (C=O) groups excluding carboxylic acids is 1. The summed E-state index contributed by atoms with van der Waals surface area (Å²) in [5.41, 5.74) is 1.89. The highest BCUT2D eigenvalue weighted by atomic mass is 32.2. The smallest absolute Gasteiger partial charge is 0.295 e. The zero-order chi connectivity index (χ0) is 28.9. The van der Waals surface area contributed by atoms with E-state index in [-0.39, 0.29) is 45.6 Å². The van der Waals surface area contributed by atoms with Gasteiger partial charge in [0, 0.05) is 41.8 Å². The molecule has 2 aliphatic rings. The third-order valence-corrected chi connectivity index (χ3v) is 9.37. The van der Waals surface area contributed by atoms with Gasteiger partial charge in [-0.05, 0) is 63.3 Å². The Hall–Kier alpha value is -3.29. The van der Waals surface area contributed by atoms with Crippen LogP contribution in [0.1, 0.15) is 61.2 Å². The van der Waals surface area contributed by atoms with Crippen molar-refractivity contribution in [2.75, 3.05) is 18.2 Å². The van der Waals surface area contributed by atoms with E-state index in [0.717, 1.165) is 36.8 Å². The number of alkyl halides is 2. The van der Waals surface area contributed by atoms with Crippen LogP contribution in [-0.4, -0.2) is 46.6 Å². The monoisotopic (exact) mass is 601 g/mol. The van der Waals surface area contributed by atoms with Crippen molar-refractivity contribution in [2.45, 2.75) is 63.0 Å². The molecule has 41 heavy (non-hydrogen) atoms. The summed E-state index contributed by atoms with van der Waals surface area (Å²) in [4.78, 5) is 27.0. The molecular weight excluding hydrogens is 572 g/mol. The number of aryl methyl sites for hydroxylation is 1. The fourth-order valence-corrected chi connectivity index (χ4v) is 6.73. The maximum absolute atomic E-state index is 14.3. The third kappa shape index (κ3) is 5.75. The fourth-order valence-electron chi connectivity index (χ4n) is 5.11. The predicted octanol–water partition coefficient (Wildman–Crippen LogP) is 6.17. The first-order valence-electron chi connectivity index (χ1n) is 13.5. The average molecular weight is 602 g/mol. The second-order valence-electron chi connectivity index (χ2n) is 10.6. The number of benzene rings is 1. The van der Waals surface area contributed by atoms with Gasteiger partial charge in [0.1, 0.15) is 22.5 Å². The SMILES string of the molecule is Cc1cnc(-c2ccc(Nc3cc(CC(=O)C4CC4)nc4c3nc(C(F)F)n4C3CCCCO3)c(S(C)(=O)=O)c2)s1. The Morgan fingerprint density at radius 2 is 1.98 bits per heavy atom.